The van der Waals surface area contributed by atoms with Crippen LogP contribution < -0.4 is 5.32 Å². The molecule has 2 atom stereocenters. The topological polar surface area (TPSA) is 55.4 Å². The summed E-state index contributed by atoms with van der Waals surface area (Å²) in [5.74, 6) is 0.564. The van der Waals surface area contributed by atoms with E-state index in [2.05, 4.69) is 42.9 Å². The largest absolute Gasteiger partial charge is 0.376 e. The maximum atomic E-state index is 6.09. The van der Waals surface area contributed by atoms with Crippen LogP contribution in [0.1, 0.15) is 40.0 Å². The molecule has 0 aliphatic carbocycles. The second-order valence-electron chi connectivity index (χ2n) is 8.83. The van der Waals surface area contributed by atoms with Gasteiger partial charge in [-0.2, -0.15) is 0 Å². The van der Waals surface area contributed by atoms with Crippen LogP contribution >= 0.6 is 8.58 Å². The number of hydrogen-bond donors (Lipinski definition) is 1. The SMILES string of the molecule is CNCCCPCOCCN(C)COCCC(C)CC(C)(C)OCCN(C)COC. The van der Waals surface area contributed by atoms with Gasteiger partial charge in [0.25, 0.3) is 0 Å². The Morgan fingerprint density at radius 1 is 1.00 bits per heavy atom. The Kier molecular flexibility index (Phi) is 19.9. The van der Waals surface area contributed by atoms with Crippen molar-refractivity contribution in [3.05, 3.63) is 0 Å². The molecule has 0 amide bonds. The Morgan fingerprint density at radius 2 is 1.70 bits per heavy atom. The molecule has 0 saturated heterocycles. The molecule has 0 saturated carbocycles. The third-order valence-electron chi connectivity index (χ3n) is 4.82. The van der Waals surface area contributed by atoms with Crippen molar-refractivity contribution in [1.29, 1.82) is 0 Å². The van der Waals surface area contributed by atoms with E-state index in [0.717, 1.165) is 67.2 Å². The Labute approximate surface area is 188 Å². The van der Waals surface area contributed by atoms with Crippen LogP contribution in [0.4, 0.5) is 0 Å². The molecule has 182 valence electrons. The average molecular weight is 452 g/mol. The van der Waals surface area contributed by atoms with Gasteiger partial charge in [0.2, 0.25) is 0 Å². The van der Waals surface area contributed by atoms with E-state index in [1.165, 1.54) is 12.6 Å². The molecular formula is C22H50N3O4P. The summed E-state index contributed by atoms with van der Waals surface area (Å²) in [5.41, 5.74) is -0.116. The standard InChI is InChI=1S/C22H50N3O4P/c1-21(17-22(2,3)29-15-12-24(5)18-26-7)9-13-27-19-25(6)11-14-28-20-30-16-8-10-23-4/h21,23,30H,8-20H2,1-7H3. The molecule has 1 N–H and O–H groups in total. The Morgan fingerprint density at radius 3 is 2.40 bits per heavy atom. The van der Waals surface area contributed by atoms with E-state index in [4.69, 9.17) is 18.9 Å². The van der Waals surface area contributed by atoms with Crippen molar-refractivity contribution >= 4 is 8.58 Å². The third kappa shape index (κ3) is 20.1. The predicted octanol–water partition coefficient (Wildman–Crippen LogP) is 2.90. The molecular weight excluding hydrogens is 401 g/mol. The van der Waals surface area contributed by atoms with Crippen molar-refractivity contribution in [1.82, 2.24) is 15.1 Å². The van der Waals surface area contributed by atoms with Gasteiger partial charge >= 0.3 is 0 Å². The molecule has 8 heteroatoms. The van der Waals surface area contributed by atoms with Crippen LogP contribution in [0.25, 0.3) is 0 Å². The lowest BCUT2D eigenvalue weighted by molar-refractivity contribution is -0.0494. The number of ether oxygens (including phenoxy) is 4. The van der Waals surface area contributed by atoms with E-state index in [0.29, 0.717) is 19.4 Å². The normalized spacial score (nSPS) is 13.9. The number of nitrogens with one attached hydrogen (secondary N) is 1. The maximum Gasteiger partial charge on any atom is 0.0988 e. The third-order valence-corrected chi connectivity index (χ3v) is 5.94. The highest BCUT2D eigenvalue weighted by molar-refractivity contribution is 7.37. The molecule has 0 spiro atoms. The summed E-state index contributed by atoms with van der Waals surface area (Å²) >= 11 is 0. The summed E-state index contributed by atoms with van der Waals surface area (Å²) in [4.78, 5) is 4.29. The zero-order valence-electron chi connectivity index (χ0n) is 20.8. The molecule has 30 heavy (non-hydrogen) atoms. The first-order valence-corrected chi connectivity index (χ1v) is 12.7. The molecule has 0 aromatic carbocycles. The Hall–Kier alpha value is 0.150. The van der Waals surface area contributed by atoms with Crippen LogP contribution in [0.3, 0.4) is 0 Å². The van der Waals surface area contributed by atoms with E-state index >= 15 is 0 Å². The Balaban J connectivity index is 3.64. The van der Waals surface area contributed by atoms with Crippen molar-refractivity contribution in [2.24, 2.45) is 5.92 Å². The van der Waals surface area contributed by atoms with Crippen LogP contribution in [-0.2, 0) is 18.9 Å². The smallest absolute Gasteiger partial charge is 0.0988 e. The molecule has 0 aliphatic heterocycles. The Bertz CT molecular complexity index is 378. The fourth-order valence-electron chi connectivity index (χ4n) is 3.16. The van der Waals surface area contributed by atoms with Gasteiger partial charge in [0.05, 0.1) is 38.6 Å². The molecule has 0 aliphatic rings. The molecule has 0 heterocycles. The van der Waals surface area contributed by atoms with Crippen LogP contribution in [0.15, 0.2) is 0 Å². The minimum Gasteiger partial charge on any atom is -0.376 e. The first kappa shape index (κ1) is 30.1. The summed E-state index contributed by atoms with van der Waals surface area (Å²) in [6, 6.07) is 0. The van der Waals surface area contributed by atoms with Crippen molar-refractivity contribution in [3.63, 3.8) is 0 Å². The molecule has 0 fully saturated rings. The van der Waals surface area contributed by atoms with Crippen LogP contribution in [0.5, 0.6) is 0 Å². The quantitative estimate of drug-likeness (QED) is 0.154. The number of rotatable bonds is 22. The second-order valence-corrected chi connectivity index (χ2v) is 10.1. The van der Waals surface area contributed by atoms with E-state index in [9.17, 15) is 0 Å². The first-order valence-electron chi connectivity index (χ1n) is 11.3. The lowest BCUT2D eigenvalue weighted by Gasteiger charge is -2.29. The molecule has 7 nitrogen and oxygen atoms in total. The molecule has 0 aromatic rings. The van der Waals surface area contributed by atoms with Crippen LogP contribution in [0, 0.1) is 5.92 Å². The van der Waals surface area contributed by atoms with Crippen molar-refractivity contribution in [2.45, 2.75) is 45.6 Å². The molecule has 0 rings (SSSR count). The lowest BCUT2D eigenvalue weighted by Crippen LogP contribution is -2.32. The van der Waals surface area contributed by atoms with E-state index in [1.807, 2.05) is 14.1 Å². The highest BCUT2D eigenvalue weighted by Crippen LogP contribution is 2.22. The van der Waals surface area contributed by atoms with Gasteiger partial charge in [-0.25, -0.2) is 0 Å². The lowest BCUT2D eigenvalue weighted by atomic mass is 9.92. The molecule has 0 radical (unpaired) electrons. The highest BCUT2D eigenvalue weighted by Gasteiger charge is 2.21. The highest BCUT2D eigenvalue weighted by atomic mass is 31.1. The van der Waals surface area contributed by atoms with Gasteiger partial charge < -0.3 is 24.3 Å². The molecule has 0 aromatic heterocycles. The van der Waals surface area contributed by atoms with Gasteiger partial charge in [-0.05, 0) is 72.9 Å². The van der Waals surface area contributed by atoms with E-state index in [1.54, 1.807) is 7.11 Å². The van der Waals surface area contributed by atoms with Crippen molar-refractivity contribution < 1.29 is 18.9 Å². The predicted molar refractivity (Wildman–Crippen MR) is 129 cm³/mol. The fraction of sp³-hybridized carbons (Fsp3) is 1.00. The number of nitrogens with zero attached hydrogens (tertiary/aromatic N) is 2. The van der Waals surface area contributed by atoms with E-state index < -0.39 is 0 Å². The van der Waals surface area contributed by atoms with Gasteiger partial charge in [0.15, 0.2) is 0 Å². The zero-order valence-corrected chi connectivity index (χ0v) is 21.8. The number of hydrogen-bond acceptors (Lipinski definition) is 7. The maximum absolute atomic E-state index is 6.09. The summed E-state index contributed by atoms with van der Waals surface area (Å²) in [7, 11) is 8.74. The fourth-order valence-corrected chi connectivity index (χ4v) is 4.02. The minimum atomic E-state index is -0.116. The van der Waals surface area contributed by atoms with E-state index in [-0.39, 0.29) is 5.60 Å². The first-order chi connectivity index (χ1) is 14.3. The zero-order chi connectivity index (χ0) is 22.7. The van der Waals surface area contributed by atoms with Crippen molar-refractivity contribution in [3.8, 4) is 0 Å². The average Bonchev–Trinajstić information content (AvgIpc) is 2.67. The number of likely N-dealkylation sites (N-methyl/N-ethyl adjacent to an activating group) is 2. The van der Waals surface area contributed by atoms with Gasteiger partial charge in [0, 0.05) is 26.8 Å². The van der Waals surface area contributed by atoms with Gasteiger partial charge in [-0.3, -0.25) is 9.80 Å². The number of methoxy groups -OCH3 is 1. The molecule has 0 bridgehead atoms. The summed E-state index contributed by atoms with van der Waals surface area (Å²) in [6.07, 6.45) is 5.46. The van der Waals surface area contributed by atoms with Gasteiger partial charge in [0.1, 0.15) is 0 Å². The monoisotopic (exact) mass is 451 g/mol. The van der Waals surface area contributed by atoms with Crippen LogP contribution in [-0.4, -0.2) is 109 Å². The second kappa shape index (κ2) is 19.8. The minimum absolute atomic E-state index is 0.116. The van der Waals surface area contributed by atoms with Gasteiger partial charge in [-0.1, -0.05) is 15.5 Å². The van der Waals surface area contributed by atoms with Crippen molar-refractivity contribution in [2.75, 3.05) is 93.7 Å². The van der Waals surface area contributed by atoms with Crippen LogP contribution in [0.2, 0.25) is 0 Å². The summed E-state index contributed by atoms with van der Waals surface area (Å²) in [5, 5.41) is 3.17. The summed E-state index contributed by atoms with van der Waals surface area (Å²) in [6.45, 7) is 13.1. The summed E-state index contributed by atoms with van der Waals surface area (Å²) < 4.78 is 22.8. The molecule has 2 unspecified atom stereocenters. The van der Waals surface area contributed by atoms with Gasteiger partial charge in [-0.15, -0.1) is 0 Å².